The number of aliphatic carboxylic acids is 1. The standard InChI is InChI=1S/C10H17NO2/c11-7-9(6-10(12)13)8-4-2-1-3-5-8/h6,8H,1-5,7,11H2,(H,12,13). The molecule has 1 fully saturated rings. The number of carboxylic acids is 1. The molecule has 0 aromatic carbocycles. The molecule has 0 aliphatic heterocycles. The lowest BCUT2D eigenvalue weighted by Crippen LogP contribution is -2.17. The number of hydrogen-bond donors (Lipinski definition) is 2. The van der Waals surface area contributed by atoms with Gasteiger partial charge in [-0.3, -0.25) is 0 Å². The number of nitrogens with two attached hydrogens (primary N) is 1. The van der Waals surface area contributed by atoms with Gasteiger partial charge in [-0.05, 0) is 24.3 Å². The van der Waals surface area contributed by atoms with Crippen molar-refractivity contribution in [3.05, 3.63) is 11.6 Å². The van der Waals surface area contributed by atoms with Crippen LogP contribution in [0.3, 0.4) is 0 Å². The smallest absolute Gasteiger partial charge is 0.328 e. The number of rotatable bonds is 3. The summed E-state index contributed by atoms with van der Waals surface area (Å²) < 4.78 is 0. The van der Waals surface area contributed by atoms with Gasteiger partial charge in [0.05, 0.1) is 0 Å². The Balaban J connectivity index is 2.58. The van der Waals surface area contributed by atoms with Gasteiger partial charge in [0.25, 0.3) is 0 Å². The molecule has 1 aliphatic carbocycles. The summed E-state index contributed by atoms with van der Waals surface area (Å²) in [5.41, 5.74) is 6.43. The molecule has 0 unspecified atom stereocenters. The highest BCUT2D eigenvalue weighted by atomic mass is 16.4. The monoisotopic (exact) mass is 183 g/mol. The molecule has 3 nitrogen and oxygen atoms in total. The van der Waals surface area contributed by atoms with E-state index in [1.54, 1.807) is 0 Å². The summed E-state index contributed by atoms with van der Waals surface area (Å²) in [7, 11) is 0. The minimum Gasteiger partial charge on any atom is -0.478 e. The summed E-state index contributed by atoms with van der Waals surface area (Å²) in [5, 5.41) is 8.61. The van der Waals surface area contributed by atoms with Crippen LogP contribution in [0.25, 0.3) is 0 Å². The summed E-state index contributed by atoms with van der Waals surface area (Å²) in [6.45, 7) is 0.386. The van der Waals surface area contributed by atoms with E-state index in [-0.39, 0.29) is 0 Å². The molecular formula is C10H17NO2. The second-order valence-corrected chi connectivity index (χ2v) is 3.60. The molecule has 0 bridgehead atoms. The van der Waals surface area contributed by atoms with Crippen LogP contribution >= 0.6 is 0 Å². The molecule has 0 radical (unpaired) electrons. The lowest BCUT2D eigenvalue weighted by molar-refractivity contribution is -0.131. The molecule has 1 saturated carbocycles. The first kappa shape index (κ1) is 10.3. The van der Waals surface area contributed by atoms with Crippen molar-refractivity contribution in [3.8, 4) is 0 Å². The Bertz CT molecular complexity index is 205. The van der Waals surface area contributed by atoms with E-state index < -0.39 is 5.97 Å². The van der Waals surface area contributed by atoms with E-state index in [0.717, 1.165) is 18.4 Å². The third-order valence-corrected chi connectivity index (χ3v) is 2.67. The number of hydrogen-bond acceptors (Lipinski definition) is 2. The number of carbonyl (C=O) groups is 1. The van der Waals surface area contributed by atoms with E-state index in [4.69, 9.17) is 10.8 Å². The molecule has 0 aromatic rings. The molecule has 3 N–H and O–H groups in total. The quantitative estimate of drug-likeness (QED) is 0.652. The summed E-state index contributed by atoms with van der Waals surface area (Å²) in [6, 6.07) is 0. The van der Waals surface area contributed by atoms with E-state index in [9.17, 15) is 4.79 Å². The van der Waals surface area contributed by atoms with Gasteiger partial charge in [0.15, 0.2) is 0 Å². The average molecular weight is 183 g/mol. The van der Waals surface area contributed by atoms with E-state index in [0.29, 0.717) is 12.5 Å². The molecule has 74 valence electrons. The minimum absolute atomic E-state index is 0.386. The van der Waals surface area contributed by atoms with E-state index >= 15 is 0 Å². The predicted molar refractivity (Wildman–Crippen MR) is 51.3 cm³/mol. The van der Waals surface area contributed by atoms with Gasteiger partial charge in [0.1, 0.15) is 0 Å². The summed E-state index contributed by atoms with van der Waals surface area (Å²) in [4.78, 5) is 10.5. The van der Waals surface area contributed by atoms with Gasteiger partial charge >= 0.3 is 5.97 Å². The molecule has 0 spiro atoms. The predicted octanol–water partition coefficient (Wildman–Crippen LogP) is 1.54. The first-order valence-corrected chi connectivity index (χ1v) is 4.87. The second kappa shape index (κ2) is 5.02. The zero-order chi connectivity index (χ0) is 9.68. The highest BCUT2D eigenvalue weighted by molar-refractivity contribution is 5.80. The maximum absolute atomic E-state index is 10.5. The highest BCUT2D eigenvalue weighted by Gasteiger charge is 2.17. The zero-order valence-electron chi connectivity index (χ0n) is 7.83. The Hall–Kier alpha value is -0.830. The van der Waals surface area contributed by atoms with Gasteiger partial charge in [0.2, 0.25) is 0 Å². The lowest BCUT2D eigenvalue weighted by Gasteiger charge is -2.23. The van der Waals surface area contributed by atoms with Crippen molar-refractivity contribution in [1.29, 1.82) is 0 Å². The summed E-state index contributed by atoms with van der Waals surface area (Å²) >= 11 is 0. The maximum Gasteiger partial charge on any atom is 0.328 e. The van der Waals surface area contributed by atoms with Crippen LogP contribution in [0.2, 0.25) is 0 Å². The summed E-state index contributed by atoms with van der Waals surface area (Å²) in [5.74, 6) is -0.444. The fourth-order valence-electron chi connectivity index (χ4n) is 1.98. The van der Waals surface area contributed by atoms with Crippen LogP contribution in [0.1, 0.15) is 32.1 Å². The maximum atomic E-state index is 10.5. The molecule has 0 saturated heterocycles. The van der Waals surface area contributed by atoms with Gasteiger partial charge < -0.3 is 10.8 Å². The Morgan fingerprint density at radius 3 is 2.46 bits per heavy atom. The topological polar surface area (TPSA) is 63.3 Å². The van der Waals surface area contributed by atoms with E-state index in [1.165, 1.54) is 25.3 Å². The van der Waals surface area contributed by atoms with Crippen LogP contribution in [0.5, 0.6) is 0 Å². The Labute approximate surface area is 78.6 Å². The van der Waals surface area contributed by atoms with Crippen LogP contribution in [0.15, 0.2) is 11.6 Å². The summed E-state index contributed by atoms with van der Waals surface area (Å²) in [6.07, 6.45) is 7.20. The molecule has 0 atom stereocenters. The fraction of sp³-hybridized carbons (Fsp3) is 0.700. The minimum atomic E-state index is -0.869. The Morgan fingerprint density at radius 1 is 1.38 bits per heavy atom. The molecule has 1 aliphatic rings. The second-order valence-electron chi connectivity index (χ2n) is 3.60. The molecule has 13 heavy (non-hydrogen) atoms. The average Bonchev–Trinajstić information content (AvgIpc) is 2.15. The normalized spacial score (nSPS) is 20.2. The van der Waals surface area contributed by atoms with Crippen LogP contribution < -0.4 is 5.73 Å². The van der Waals surface area contributed by atoms with Gasteiger partial charge in [0, 0.05) is 12.6 Å². The van der Waals surface area contributed by atoms with Crippen molar-refractivity contribution in [3.63, 3.8) is 0 Å². The lowest BCUT2D eigenvalue weighted by atomic mass is 9.83. The van der Waals surface area contributed by atoms with Crippen LogP contribution in [-0.4, -0.2) is 17.6 Å². The van der Waals surface area contributed by atoms with Crippen LogP contribution in [0, 0.1) is 5.92 Å². The van der Waals surface area contributed by atoms with Crippen molar-refractivity contribution < 1.29 is 9.90 Å². The zero-order valence-corrected chi connectivity index (χ0v) is 7.83. The molecule has 1 rings (SSSR count). The first-order chi connectivity index (χ1) is 6.24. The fourth-order valence-corrected chi connectivity index (χ4v) is 1.98. The SMILES string of the molecule is NCC(=CC(=O)O)C1CCCCC1. The van der Waals surface area contributed by atoms with Crippen LogP contribution in [-0.2, 0) is 4.79 Å². The van der Waals surface area contributed by atoms with Crippen molar-refractivity contribution in [2.24, 2.45) is 11.7 Å². The molecule has 0 amide bonds. The van der Waals surface area contributed by atoms with Crippen molar-refractivity contribution in [2.45, 2.75) is 32.1 Å². The highest BCUT2D eigenvalue weighted by Crippen LogP contribution is 2.28. The third kappa shape index (κ3) is 3.19. The first-order valence-electron chi connectivity index (χ1n) is 4.87. The van der Waals surface area contributed by atoms with E-state index in [2.05, 4.69) is 0 Å². The van der Waals surface area contributed by atoms with E-state index in [1.807, 2.05) is 0 Å². The van der Waals surface area contributed by atoms with Crippen molar-refractivity contribution in [2.75, 3.05) is 6.54 Å². The molecule has 0 heterocycles. The third-order valence-electron chi connectivity index (χ3n) is 2.67. The molecule has 0 aromatic heterocycles. The van der Waals surface area contributed by atoms with Crippen molar-refractivity contribution >= 4 is 5.97 Å². The van der Waals surface area contributed by atoms with Crippen molar-refractivity contribution in [1.82, 2.24) is 0 Å². The Morgan fingerprint density at radius 2 is 2.00 bits per heavy atom. The van der Waals surface area contributed by atoms with Gasteiger partial charge in [-0.1, -0.05) is 19.3 Å². The molecular weight excluding hydrogens is 166 g/mol. The van der Waals surface area contributed by atoms with Gasteiger partial charge in [-0.15, -0.1) is 0 Å². The largest absolute Gasteiger partial charge is 0.478 e. The van der Waals surface area contributed by atoms with Gasteiger partial charge in [-0.25, -0.2) is 4.79 Å². The Kier molecular flexibility index (Phi) is 3.96. The van der Waals surface area contributed by atoms with Crippen LogP contribution in [0.4, 0.5) is 0 Å². The molecule has 3 heteroatoms. The number of carboxylic acid groups (broad SMARTS) is 1. The van der Waals surface area contributed by atoms with Gasteiger partial charge in [-0.2, -0.15) is 0 Å².